The maximum Gasteiger partial charge on any atom is 0.253 e. The SMILES string of the molecule is CCC(C)NC(=O)c1c(C)[nH]c2ccccc12. The zero-order valence-electron chi connectivity index (χ0n) is 10.5. The lowest BCUT2D eigenvalue weighted by molar-refractivity contribution is 0.0940. The highest BCUT2D eigenvalue weighted by Crippen LogP contribution is 2.21. The van der Waals surface area contributed by atoms with E-state index in [1.807, 2.05) is 38.1 Å². The quantitative estimate of drug-likeness (QED) is 0.836. The van der Waals surface area contributed by atoms with Gasteiger partial charge in [0.25, 0.3) is 5.91 Å². The van der Waals surface area contributed by atoms with Crippen molar-refractivity contribution in [2.75, 3.05) is 0 Å². The third-order valence-electron chi connectivity index (χ3n) is 3.11. The van der Waals surface area contributed by atoms with Gasteiger partial charge in [0.2, 0.25) is 0 Å². The Kier molecular flexibility index (Phi) is 3.18. The monoisotopic (exact) mass is 230 g/mol. The largest absolute Gasteiger partial charge is 0.358 e. The molecule has 1 amide bonds. The highest BCUT2D eigenvalue weighted by atomic mass is 16.1. The Balaban J connectivity index is 2.41. The van der Waals surface area contributed by atoms with Crippen LogP contribution in [0.25, 0.3) is 10.9 Å². The van der Waals surface area contributed by atoms with Gasteiger partial charge in [0, 0.05) is 22.6 Å². The number of nitrogens with one attached hydrogen (secondary N) is 2. The van der Waals surface area contributed by atoms with Crippen molar-refractivity contribution < 1.29 is 4.79 Å². The van der Waals surface area contributed by atoms with E-state index in [2.05, 4.69) is 17.2 Å². The zero-order chi connectivity index (χ0) is 12.4. The number of fused-ring (bicyclic) bond motifs is 1. The molecule has 0 saturated carbocycles. The predicted molar refractivity (Wildman–Crippen MR) is 70.3 cm³/mol. The number of aryl methyl sites for hydroxylation is 1. The first-order valence-electron chi connectivity index (χ1n) is 6.01. The molecule has 3 heteroatoms. The standard InChI is InChI=1S/C14H18N2O/c1-4-9(2)15-14(17)13-10(3)16-12-8-6-5-7-11(12)13/h5-9,16H,4H2,1-3H3,(H,15,17). The van der Waals surface area contributed by atoms with E-state index in [0.717, 1.165) is 28.6 Å². The molecule has 2 N–H and O–H groups in total. The molecule has 0 bridgehead atoms. The van der Waals surface area contributed by atoms with Crippen LogP contribution in [0.15, 0.2) is 24.3 Å². The van der Waals surface area contributed by atoms with E-state index >= 15 is 0 Å². The van der Waals surface area contributed by atoms with Gasteiger partial charge in [-0.25, -0.2) is 0 Å². The number of amides is 1. The molecule has 1 aromatic heterocycles. The maximum atomic E-state index is 12.2. The number of carbonyl (C=O) groups excluding carboxylic acids is 1. The van der Waals surface area contributed by atoms with Crippen molar-refractivity contribution in [2.24, 2.45) is 0 Å². The Morgan fingerprint density at radius 1 is 1.41 bits per heavy atom. The number of rotatable bonds is 3. The number of hydrogen-bond acceptors (Lipinski definition) is 1. The zero-order valence-corrected chi connectivity index (χ0v) is 10.5. The number of hydrogen-bond donors (Lipinski definition) is 2. The van der Waals surface area contributed by atoms with Gasteiger partial charge in [0.05, 0.1) is 5.56 Å². The first-order chi connectivity index (χ1) is 8.13. The van der Waals surface area contributed by atoms with Gasteiger partial charge in [-0.2, -0.15) is 0 Å². The van der Waals surface area contributed by atoms with Crippen LogP contribution in [0, 0.1) is 6.92 Å². The normalized spacial score (nSPS) is 12.6. The number of para-hydroxylation sites is 1. The lowest BCUT2D eigenvalue weighted by Crippen LogP contribution is -2.32. The number of aromatic nitrogens is 1. The van der Waals surface area contributed by atoms with Crippen molar-refractivity contribution in [3.05, 3.63) is 35.5 Å². The molecule has 0 saturated heterocycles. The van der Waals surface area contributed by atoms with Gasteiger partial charge in [-0.1, -0.05) is 25.1 Å². The van der Waals surface area contributed by atoms with E-state index in [-0.39, 0.29) is 11.9 Å². The summed E-state index contributed by atoms with van der Waals surface area (Å²) in [5.41, 5.74) is 2.70. The average molecular weight is 230 g/mol. The molecule has 1 heterocycles. The minimum atomic E-state index is 0.00861. The summed E-state index contributed by atoms with van der Waals surface area (Å²) in [6.07, 6.45) is 0.938. The number of benzene rings is 1. The van der Waals surface area contributed by atoms with Gasteiger partial charge in [-0.05, 0) is 26.3 Å². The molecule has 2 aromatic rings. The molecule has 1 atom stereocenters. The van der Waals surface area contributed by atoms with E-state index in [1.54, 1.807) is 0 Å². The molecular weight excluding hydrogens is 212 g/mol. The second kappa shape index (κ2) is 4.62. The highest BCUT2D eigenvalue weighted by molar-refractivity contribution is 6.08. The van der Waals surface area contributed by atoms with Gasteiger partial charge in [0.1, 0.15) is 0 Å². The molecule has 90 valence electrons. The summed E-state index contributed by atoms with van der Waals surface area (Å²) in [5, 5.41) is 4.00. The van der Waals surface area contributed by atoms with E-state index in [0.29, 0.717) is 0 Å². The van der Waals surface area contributed by atoms with Crippen LogP contribution in [0.1, 0.15) is 36.3 Å². The molecule has 0 aliphatic carbocycles. The van der Waals surface area contributed by atoms with Crippen LogP contribution < -0.4 is 5.32 Å². The second-order valence-electron chi connectivity index (χ2n) is 4.45. The predicted octanol–water partition coefficient (Wildman–Crippen LogP) is 3.00. The third kappa shape index (κ3) is 2.18. The summed E-state index contributed by atoms with van der Waals surface area (Å²) in [7, 11) is 0. The fraction of sp³-hybridized carbons (Fsp3) is 0.357. The Hall–Kier alpha value is -1.77. The molecular formula is C14H18N2O. The Morgan fingerprint density at radius 2 is 2.12 bits per heavy atom. The summed E-state index contributed by atoms with van der Waals surface area (Å²) >= 11 is 0. The van der Waals surface area contributed by atoms with Crippen LogP contribution in [0.4, 0.5) is 0 Å². The molecule has 1 unspecified atom stereocenters. The van der Waals surface area contributed by atoms with Gasteiger partial charge < -0.3 is 10.3 Å². The van der Waals surface area contributed by atoms with Crippen molar-refractivity contribution in [3.8, 4) is 0 Å². The Labute approximate surface area is 101 Å². The molecule has 2 rings (SSSR count). The minimum absolute atomic E-state index is 0.00861. The highest BCUT2D eigenvalue weighted by Gasteiger charge is 2.16. The van der Waals surface area contributed by atoms with Crippen LogP contribution in [0.2, 0.25) is 0 Å². The first kappa shape index (κ1) is 11.7. The van der Waals surface area contributed by atoms with Crippen LogP contribution in [0.3, 0.4) is 0 Å². The summed E-state index contributed by atoms with van der Waals surface area (Å²) in [6.45, 7) is 6.01. The fourth-order valence-corrected chi connectivity index (χ4v) is 1.97. The van der Waals surface area contributed by atoms with Crippen molar-refractivity contribution in [2.45, 2.75) is 33.2 Å². The lowest BCUT2D eigenvalue weighted by Gasteiger charge is -2.11. The molecule has 0 fully saturated rings. The minimum Gasteiger partial charge on any atom is -0.358 e. The van der Waals surface area contributed by atoms with Gasteiger partial charge in [-0.15, -0.1) is 0 Å². The van der Waals surface area contributed by atoms with Gasteiger partial charge >= 0.3 is 0 Å². The summed E-state index contributed by atoms with van der Waals surface area (Å²) in [5.74, 6) is 0.00861. The molecule has 1 aromatic carbocycles. The van der Waals surface area contributed by atoms with Crippen LogP contribution in [-0.4, -0.2) is 16.9 Å². The number of carbonyl (C=O) groups is 1. The van der Waals surface area contributed by atoms with E-state index in [1.165, 1.54) is 0 Å². The van der Waals surface area contributed by atoms with Crippen LogP contribution in [-0.2, 0) is 0 Å². The average Bonchev–Trinajstić information content (AvgIpc) is 2.64. The fourth-order valence-electron chi connectivity index (χ4n) is 1.97. The van der Waals surface area contributed by atoms with Crippen molar-refractivity contribution >= 4 is 16.8 Å². The molecule has 0 spiro atoms. The maximum absolute atomic E-state index is 12.2. The van der Waals surface area contributed by atoms with E-state index in [4.69, 9.17) is 0 Å². The number of H-pyrrole nitrogens is 1. The third-order valence-corrected chi connectivity index (χ3v) is 3.11. The molecule has 3 nitrogen and oxygen atoms in total. The molecule has 0 aliphatic rings. The Morgan fingerprint density at radius 3 is 2.82 bits per heavy atom. The molecule has 0 aliphatic heterocycles. The summed E-state index contributed by atoms with van der Waals surface area (Å²) in [4.78, 5) is 15.4. The van der Waals surface area contributed by atoms with E-state index < -0.39 is 0 Å². The van der Waals surface area contributed by atoms with Crippen molar-refractivity contribution in [1.82, 2.24) is 10.3 Å². The van der Waals surface area contributed by atoms with Gasteiger partial charge in [0.15, 0.2) is 0 Å². The molecule has 17 heavy (non-hydrogen) atoms. The van der Waals surface area contributed by atoms with Crippen LogP contribution in [0.5, 0.6) is 0 Å². The number of aromatic amines is 1. The first-order valence-corrected chi connectivity index (χ1v) is 6.01. The van der Waals surface area contributed by atoms with Crippen LogP contribution >= 0.6 is 0 Å². The molecule has 0 radical (unpaired) electrons. The lowest BCUT2D eigenvalue weighted by atomic mass is 10.1. The second-order valence-corrected chi connectivity index (χ2v) is 4.45. The van der Waals surface area contributed by atoms with Gasteiger partial charge in [-0.3, -0.25) is 4.79 Å². The summed E-state index contributed by atoms with van der Waals surface area (Å²) < 4.78 is 0. The summed E-state index contributed by atoms with van der Waals surface area (Å²) in [6, 6.07) is 8.09. The topological polar surface area (TPSA) is 44.9 Å². The van der Waals surface area contributed by atoms with E-state index in [9.17, 15) is 4.79 Å². The van der Waals surface area contributed by atoms with Crippen molar-refractivity contribution in [3.63, 3.8) is 0 Å². The smallest absolute Gasteiger partial charge is 0.253 e. The van der Waals surface area contributed by atoms with Crippen molar-refractivity contribution in [1.29, 1.82) is 0 Å². The Bertz CT molecular complexity index is 542.